The molecular formula is C20H21BrN2O6S. The average molecular weight is 497 g/mol. The Morgan fingerprint density at radius 2 is 1.93 bits per heavy atom. The van der Waals surface area contributed by atoms with E-state index in [-0.39, 0.29) is 24.0 Å². The first kappa shape index (κ1) is 22.4. The van der Waals surface area contributed by atoms with Crippen molar-refractivity contribution >= 4 is 56.8 Å². The van der Waals surface area contributed by atoms with Crippen LogP contribution in [0.4, 0.5) is 4.79 Å². The number of hydrogen-bond donors (Lipinski definition) is 0. The molecule has 0 aliphatic carbocycles. The summed E-state index contributed by atoms with van der Waals surface area (Å²) in [7, 11) is 1.27. The molecule has 0 atom stereocenters. The van der Waals surface area contributed by atoms with Crippen LogP contribution in [0.25, 0.3) is 6.08 Å². The van der Waals surface area contributed by atoms with Crippen molar-refractivity contribution in [1.82, 2.24) is 9.80 Å². The van der Waals surface area contributed by atoms with Gasteiger partial charge in [-0.15, -0.1) is 0 Å². The van der Waals surface area contributed by atoms with Gasteiger partial charge in [0.25, 0.3) is 11.1 Å². The molecule has 0 bridgehead atoms. The van der Waals surface area contributed by atoms with E-state index in [0.717, 1.165) is 35.9 Å². The van der Waals surface area contributed by atoms with Crippen molar-refractivity contribution < 1.29 is 28.7 Å². The molecule has 1 aromatic rings. The highest BCUT2D eigenvalue weighted by Gasteiger charge is 2.37. The normalized spacial score (nSPS) is 18.1. The lowest BCUT2D eigenvalue weighted by molar-refractivity contribution is -0.143. The molecule has 0 unspecified atom stereocenters. The molecule has 2 aliphatic rings. The summed E-state index contributed by atoms with van der Waals surface area (Å²) in [6, 6.07) is 5.05. The zero-order valence-corrected chi connectivity index (χ0v) is 18.8. The van der Waals surface area contributed by atoms with Gasteiger partial charge in [0.05, 0.1) is 16.5 Å². The number of thioether (sulfide) groups is 1. The van der Waals surface area contributed by atoms with Gasteiger partial charge in [-0.2, -0.15) is 0 Å². The van der Waals surface area contributed by atoms with Crippen LogP contribution >= 0.6 is 27.7 Å². The molecular weight excluding hydrogens is 476 g/mol. The minimum atomic E-state index is -0.501. The molecule has 30 heavy (non-hydrogen) atoms. The Morgan fingerprint density at radius 1 is 1.20 bits per heavy atom. The molecule has 2 fully saturated rings. The van der Waals surface area contributed by atoms with Crippen LogP contribution in [0, 0.1) is 0 Å². The molecule has 10 heteroatoms. The number of carbonyl (C=O) groups excluding carboxylic acids is 4. The summed E-state index contributed by atoms with van der Waals surface area (Å²) < 4.78 is 10.5. The maximum Gasteiger partial charge on any atom is 0.343 e. The van der Waals surface area contributed by atoms with Crippen molar-refractivity contribution in [1.29, 1.82) is 0 Å². The van der Waals surface area contributed by atoms with E-state index in [9.17, 15) is 19.2 Å². The molecule has 0 saturated carbocycles. The van der Waals surface area contributed by atoms with Crippen molar-refractivity contribution in [2.45, 2.75) is 19.3 Å². The Bertz CT molecular complexity index is 897. The highest BCUT2D eigenvalue weighted by molar-refractivity contribution is 9.10. The Balaban J connectivity index is 1.66. The van der Waals surface area contributed by atoms with Gasteiger partial charge < -0.3 is 14.4 Å². The summed E-state index contributed by atoms with van der Waals surface area (Å²) in [5.41, 5.74) is 0.667. The molecule has 2 aliphatic heterocycles. The number of piperidine rings is 1. The second-order valence-corrected chi connectivity index (χ2v) is 8.61. The number of halogens is 1. The van der Waals surface area contributed by atoms with Gasteiger partial charge in [-0.1, -0.05) is 6.07 Å². The fraction of sp³-hybridized carbons (Fsp3) is 0.400. The van der Waals surface area contributed by atoms with E-state index in [4.69, 9.17) is 4.74 Å². The largest absolute Gasteiger partial charge is 0.481 e. The maximum absolute atomic E-state index is 12.7. The lowest BCUT2D eigenvalue weighted by Gasteiger charge is -2.27. The molecule has 3 rings (SSSR count). The summed E-state index contributed by atoms with van der Waals surface area (Å²) in [4.78, 5) is 51.5. The average Bonchev–Trinajstić information content (AvgIpc) is 3.00. The van der Waals surface area contributed by atoms with E-state index in [1.54, 1.807) is 29.2 Å². The molecule has 2 heterocycles. The predicted octanol–water partition coefficient (Wildman–Crippen LogP) is 3.05. The first-order chi connectivity index (χ1) is 14.4. The van der Waals surface area contributed by atoms with Crippen LogP contribution in [0.15, 0.2) is 27.6 Å². The van der Waals surface area contributed by atoms with E-state index in [1.165, 1.54) is 7.11 Å². The molecule has 0 N–H and O–H groups in total. The van der Waals surface area contributed by atoms with E-state index in [2.05, 4.69) is 20.7 Å². The SMILES string of the molecule is COC(=O)COc1ccc(/C=C2/SC(=O)N(CC(=O)N3CCCCC3)C2=O)cc1Br. The van der Waals surface area contributed by atoms with Crippen molar-refractivity contribution in [3.8, 4) is 5.75 Å². The fourth-order valence-corrected chi connectivity index (χ4v) is 4.44. The Morgan fingerprint density at radius 3 is 2.60 bits per heavy atom. The third kappa shape index (κ3) is 5.42. The van der Waals surface area contributed by atoms with Crippen LogP contribution in [0.1, 0.15) is 24.8 Å². The second kappa shape index (κ2) is 10.1. The molecule has 0 radical (unpaired) electrons. The topological polar surface area (TPSA) is 93.2 Å². The fourth-order valence-electron chi connectivity index (χ4n) is 3.09. The van der Waals surface area contributed by atoms with Gasteiger partial charge in [0.1, 0.15) is 12.3 Å². The number of esters is 1. The number of methoxy groups -OCH3 is 1. The highest BCUT2D eigenvalue weighted by Crippen LogP contribution is 2.34. The summed E-state index contributed by atoms with van der Waals surface area (Å²) in [6.45, 7) is 0.886. The number of carbonyl (C=O) groups is 4. The third-order valence-electron chi connectivity index (χ3n) is 4.70. The lowest BCUT2D eigenvalue weighted by atomic mass is 10.1. The number of hydrogen-bond acceptors (Lipinski definition) is 7. The van der Waals surface area contributed by atoms with Crippen LogP contribution in [-0.2, 0) is 19.1 Å². The monoisotopic (exact) mass is 496 g/mol. The first-order valence-electron chi connectivity index (χ1n) is 9.41. The number of nitrogens with zero attached hydrogens (tertiary/aromatic N) is 2. The van der Waals surface area contributed by atoms with Crippen molar-refractivity contribution in [3.63, 3.8) is 0 Å². The van der Waals surface area contributed by atoms with Gasteiger partial charge >= 0.3 is 5.97 Å². The summed E-state index contributed by atoms with van der Waals surface area (Å²) in [6.07, 6.45) is 4.57. The standard InChI is InChI=1S/C20H21BrN2O6S/c1-28-18(25)12-29-15-6-5-13(9-14(15)21)10-16-19(26)23(20(27)30-16)11-17(24)22-7-3-2-4-8-22/h5-6,9-10H,2-4,7-8,11-12H2,1H3/b16-10+. The number of benzene rings is 1. The number of ether oxygens (including phenoxy) is 2. The van der Waals surface area contributed by atoms with Crippen LogP contribution in [0.3, 0.4) is 0 Å². The molecule has 3 amide bonds. The zero-order chi connectivity index (χ0) is 21.7. The quantitative estimate of drug-likeness (QED) is 0.441. The summed E-state index contributed by atoms with van der Waals surface area (Å²) >= 11 is 4.17. The van der Waals surface area contributed by atoms with Crippen LogP contribution in [0.5, 0.6) is 5.75 Å². The molecule has 0 aromatic heterocycles. The Hall–Kier alpha value is -2.33. The number of rotatable bonds is 6. The number of likely N-dealkylation sites (tertiary alicyclic amines) is 1. The second-order valence-electron chi connectivity index (χ2n) is 6.76. The highest BCUT2D eigenvalue weighted by atomic mass is 79.9. The van der Waals surface area contributed by atoms with Gasteiger partial charge in [0.2, 0.25) is 5.91 Å². The maximum atomic E-state index is 12.7. The molecule has 0 spiro atoms. The van der Waals surface area contributed by atoms with Crippen LogP contribution in [-0.4, -0.2) is 66.2 Å². The van der Waals surface area contributed by atoms with Gasteiger partial charge in [-0.05, 0) is 70.7 Å². The smallest absolute Gasteiger partial charge is 0.343 e. The molecule has 1 aromatic carbocycles. The molecule has 2 saturated heterocycles. The minimum Gasteiger partial charge on any atom is -0.481 e. The van der Waals surface area contributed by atoms with E-state index >= 15 is 0 Å². The van der Waals surface area contributed by atoms with Crippen LogP contribution in [0.2, 0.25) is 0 Å². The minimum absolute atomic E-state index is 0.201. The number of amides is 3. The lowest BCUT2D eigenvalue weighted by Crippen LogP contribution is -2.44. The predicted molar refractivity (Wildman–Crippen MR) is 115 cm³/mol. The van der Waals surface area contributed by atoms with Crippen molar-refractivity contribution in [2.75, 3.05) is 33.4 Å². The van der Waals surface area contributed by atoms with Gasteiger partial charge in [0.15, 0.2) is 6.61 Å². The van der Waals surface area contributed by atoms with Gasteiger partial charge in [-0.3, -0.25) is 19.3 Å². The van der Waals surface area contributed by atoms with E-state index < -0.39 is 17.1 Å². The van der Waals surface area contributed by atoms with Crippen molar-refractivity contribution in [3.05, 3.63) is 33.1 Å². The Labute approximate surface area is 186 Å². The van der Waals surface area contributed by atoms with Crippen LogP contribution < -0.4 is 4.74 Å². The first-order valence-corrected chi connectivity index (χ1v) is 11.0. The third-order valence-corrected chi connectivity index (χ3v) is 6.23. The summed E-state index contributed by atoms with van der Waals surface area (Å²) in [5.74, 6) is -0.734. The zero-order valence-electron chi connectivity index (χ0n) is 16.4. The molecule has 160 valence electrons. The van der Waals surface area contributed by atoms with Gasteiger partial charge in [0, 0.05) is 13.1 Å². The van der Waals surface area contributed by atoms with Gasteiger partial charge in [-0.25, -0.2) is 4.79 Å². The van der Waals surface area contributed by atoms with E-state index in [1.807, 2.05) is 0 Å². The number of imide groups is 1. The van der Waals surface area contributed by atoms with E-state index in [0.29, 0.717) is 28.9 Å². The summed E-state index contributed by atoms with van der Waals surface area (Å²) in [5, 5.41) is -0.450. The Kier molecular flexibility index (Phi) is 7.54. The van der Waals surface area contributed by atoms with Crippen molar-refractivity contribution in [2.24, 2.45) is 0 Å². The molecule has 8 nitrogen and oxygen atoms in total.